The first kappa shape index (κ1) is 24.0. The molecule has 0 fully saturated rings. The minimum Gasteiger partial charge on any atom is -0.458 e. The van der Waals surface area contributed by atoms with Gasteiger partial charge in [0.05, 0.1) is 0 Å². The number of rotatable bonds is 9. The van der Waals surface area contributed by atoms with Crippen LogP contribution >= 0.6 is 7.26 Å². The third-order valence-corrected chi connectivity index (χ3v) is 8.49. The lowest BCUT2D eigenvalue weighted by molar-refractivity contribution is -0.141. The van der Waals surface area contributed by atoms with Gasteiger partial charge in [0.15, 0.2) is 6.16 Å². The molecular formula is C24H32FNO3P+. The lowest BCUT2D eigenvalue weighted by atomic mass is 10.1. The minimum atomic E-state index is -1.94. The van der Waals surface area contributed by atoms with Crippen molar-refractivity contribution in [3.63, 3.8) is 0 Å². The maximum Gasteiger partial charge on any atom is 0.344 e. The molecule has 2 aromatic carbocycles. The molecular weight excluding hydrogens is 400 g/mol. The van der Waals surface area contributed by atoms with Crippen LogP contribution in [0.2, 0.25) is 0 Å². The van der Waals surface area contributed by atoms with Gasteiger partial charge in [-0.05, 0) is 49.1 Å². The maximum atomic E-state index is 13.6. The average molecular weight is 432 g/mol. The molecule has 162 valence electrons. The zero-order valence-corrected chi connectivity index (χ0v) is 19.4. The van der Waals surface area contributed by atoms with Crippen molar-refractivity contribution in [1.82, 2.24) is 0 Å². The molecule has 30 heavy (non-hydrogen) atoms. The van der Waals surface area contributed by atoms with Gasteiger partial charge in [-0.25, -0.2) is 9.18 Å². The van der Waals surface area contributed by atoms with Gasteiger partial charge in [-0.15, -0.1) is 0 Å². The molecule has 0 aliphatic carbocycles. The third kappa shape index (κ3) is 6.63. The second kappa shape index (κ2) is 10.7. The number of amides is 1. The number of aryl methyl sites for hydroxylation is 2. The Bertz CT molecular complexity index is 860. The lowest BCUT2D eigenvalue weighted by Gasteiger charge is -2.27. The van der Waals surface area contributed by atoms with Gasteiger partial charge < -0.3 is 10.1 Å². The SMILES string of the molecule is CCCC(C(=O)Nc1c(C)cc(F)cc1C)[P+](C)(C)CC(=O)OCc1ccccc1. The largest absolute Gasteiger partial charge is 0.458 e. The van der Waals surface area contributed by atoms with Crippen molar-refractivity contribution < 1.29 is 18.7 Å². The van der Waals surface area contributed by atoms with E-state index in [-0.39, 0.29) is 36.1 Å². The first-order valence-electron chi connectivity index (χ1n) is 10.2. The number of hydrogen-bond donors (Lipinski definition) is 1. The molecule has 0 spiro atoms. The Hall–Kier alpha value is -2.26. The Morgan fingerprint density at radius 2 is 1.70 bits per heavy atom. The number of ether oxygens (including phenoxy) is 1. The van der Waals surface area contributed by atoms with Crippen LogP contribution in [0.4, 0.5) is 10.1 Å². The zero-order valence-electron chi connectivity index (χ0n) is 18.5. The van der Waals surface area contributed by atoms with Crippen LogP contribution in [0.25, 0.3) is 0 Å². The molecule has 0 saturated carbocycles. The van der Waals surface area contributed by atoms with E-state index in [0.29, 0.717) is 23.2 Å². The molecule has 4 nitrogen and oxygen atoms in total. The predicted octanol–water partition coefficient (Wildman–Crippen LogP) is 5.57. The van der Waals surface area contributed by atoms with Crippen LogP contribution in [0.5, 0.6) is 0 Å². The summed E-state index contributed by atoms with van der Waals surface area (Å²) in [6.07, 6.45) is 1.78. The van der Waals surface area contributed by atoms with E-state index in [4.69, 9.17) is 4.74 Å². The molecule has 2 rings (SSSR count). The van der Waals surface area contributed by atoms with E-state index in [1.165, 1.54) is 12.1 Å². The van der Waals surface area contributed by atoms with Gasteiger partial charge in [0.2, 0.25) is 0 Å². The summed E-state index contributed by atoms with van der Waals surface area (Å²) < 4.78 is 19.1. The fourth-order valence-corrected chi connectivity index (χ4v) is 6.25. The number of carbonyl (C=O) groups is 2. The molecule has 6 heteroatoms. The smallest absolute Gasteiger partial charge is 0.344 e. The summed E-state index contributed by atoms with van der Waals surface area (Å²) in [6.45, 7) is 9.88. The minimum absolute atomic E-state index is 0.108. The van der Waals surface area contributed by atoms with Crippen molar-refractivity contribution in [3.05, 3.63) is 65.0 Å². The molecule has 0 aliphatic rings. The molecule has 1 amide bonds. The Kier molecular flexibility index (Phi) is 8.54. The molecule has 0 heterocycles. The summed E-state index contributed by atoms with van der Waals surface area (Å²) in [7, 11) is -1.94. The third-order valence-electron chi connectivity index (χ3n) is 5.23. The predicted molar refractivity (Wildman–Crippen MR) is 123 cm³/mol. The molecule has 1 unspecified atom stereocenters. The highest BCUT2D eigenvalue weighted by Crippen LogP contribution is 2.57. The van der Waals surface area contributed by atoms with E-state index in [9.17, 15) is 14.0 Å². The molecule has 2 aromatic rings. The number of benzene rings is 2. The van der Waals surface area contributed by atoms with Crippen molar-refractivity contribution >= 4 is 24.8 Å². The van der Waals surface area contributed by atoms with E-state index in [0.717, 1.165) is 12.0 Å². The van der Waals surface area contributed by atoms with Crippen molar-refractivity contribution in [3.8, 4) is 0 Å². The van der Waals surface area contributed by atoms with E-state index < -0.39 is 7.26 Å². The van der Waals surface area contributed by atoms with Crippen molar-refractivity contribution in [2.45, 2.75) is 45.9 Å². The number of anilines is 1. The Balaban J connectivity index is 2.08. The zero-order chi connectivity index (χ0) is 22.3. The van der Waals surface area contributed by atoms with Crippen molar-refractivity contribution in [1.29, 1.82) is 0 Å². The van der Waals surface area contributed by atoms with Crippen LogP contribution < -0.4 is 5.32 Å². The molecule has 0 bridgehead atoms. The number of nitrogens with one attached hydrogen (secondary N) is 1. The second-order valence-electron chi connectivity index (χ2n) is 8.29. The Labute approximate surface area is 179 Å². The highest BCUT2D eigenvalue weighted by molar-refractivity contribution is 7.76. The van der Waals surface area contributed by atoms with Crippen LogP contribution in [0.3, 0.4) is 0 Å². The standard InChI is InChI=1S/C24H31FNO3P/c1-6-10-21(24(28)26-23-17(2)13-20(25)14-18(23)3)30(4,5)16-22(27)29-15-19-11-8-7-9-12-19/h7-9,11-14,21H,6,10,15-16H2,1-5H3/p+1. The average Bonchev–Trinajstić information content (AvgIpc) is 2.67. The molecule has 0 saturated heterocycles. The number of esters is 1. The summed E-state index contributed by atoms with van der Waals surface area (Å²) in [4.78, 5) is 25.7. The van der Waals surface area contributed by atoms with Gasteiger partial charge in [0.1, 0.15) is 18.1 Å². The van der Waals surface area contributed by atoms with Crippen LogP contribution in [0.15, 0.2) is 42.5 Å². The van der Waals surface area contributed by atoms with Crippen molar-refractivity contribution in [2.24, 2.45) is 0 Å². The molecule has 0 radical (unpaired) electrons. The first-order chi connectivity index (χ1) is 14.1. The van der Waals surface area contributed by atoms with Gasteiger partial charge in [-0.2, -0.15) is 0 Å². The van der Waals surface area contributed by atoms with Gasteiger partial charge in [-0.3, -0.25) is 4.79 Å². The summed E-state index contributed by atoms with van der Waals surface area (Å²) in [6, 6.07) is 12.4. The number of carbonyl (C=O) groups excluding carboxylic acids is 2. The van der Waals surface area contributed by atoms with E-state index in [2.05, 4.69) is 5.32 Å². The Morgan fingerprint density at radius 3 is 2.27 bits per heavy atom. The molecule has 0 aromatic heterocycles. The van der Waals surface area contributed by atoms with E-state index in [1.54, 1.807) is 13.8 Å². The van der Waals surface area contributed by atoms with Gasteiger partial charge in [0.25, 0.3) is 5.91 Å². The first-order valence-corrected chi connectivity index (χ1v) is 13.2. The van der Waals surface area contributed by atoms with Crippen molar-refractivity contribution in [2.75, 3.05) is 24.8 Å². The van der Waals surface area contributed by atoms with Gasteiger partial charge >= 0.3 is 5.97 Å². The Morgan fingerprint density at radius 1 is 1.10 bits per heavy atom. The second-order valence-corrected chi connectivity index (χ2v) is 12.8. The fraction of sp³-hybridized carbons (Fsp3) is 0.417. The van der Waals surface area contributed by atoms with Crippen LogP contribution in [0.1, 0.15) is 36.5 Å². The highest BCUT2D eigenvalue weighted by atomic mass is 31.2. The van der Waals surface area contributed by atoms with E-state index in [1.807, 2.05) is 50.6 Å². The normalized spacial score (nSPS) is 12.3. The topological polar surface area (TPSA) is 55.4 Å². The molecule has 0 aliphatic heterocycles. The van der Waals surface area contributed by atoms with Crippen LogP contribution in [0, 0.1) is 19.7 Å². The van der Waals surface area contributed by atoms with Crippen LogP contribution in [-0.2, 0) is 20.9 Å². The fourth-order valence-electron chi connectivity index (χ4n) is 3.61. The van der Waals surface area contributed by atoms with E-state index >= 15 is 0 Å². The summed E-state index contributed by atoms with van der Waals surface area (Å²) in [5, 5.41) is 3.00. The number of halogens is 1. The summed E-state index contributed by atoms with van der Waals surface area (Å²) >= 11 is 0. The van der Waals surface area contributed by atoms with Gasteiger partial charge in [0, 0.05) is 26.3 Å². The molecule has 1 atom stereocenters. The summed E-state index contributed by atoms with van der Waals surface area (Å²) in [5.41, 5.74) is 2.70. The highest BCUT2D eigenvalue weighted by Gasteiger charge is 2.43. The maximum absolute atomic E-state index is 13.6. The monoisotopic (exact) mass is 432 g/mol. The molecule has 1 N–H and O–H groups in total. The van der Waals surface area contributed by atoms with Gasteiger partial charge in [-0.1, -0.05) is 43.7 Å². The number of hydrogen-bond acceptors (Lipinski definition) is 3. The lowest BCUT2D eigenvalue weighted by Crippen LogP contribution is -2.33. The summed E-state index contributed by atoms with van der Waals surface area (Å²) in [5.74, 6) is -0.703. The quantitative estimate of drug-likeness (QED) is 0.416. The van der Waals surface area contributed by atoms with Crippen LogP contribution in [-0.4, -0.2) is 37.0 Å².